The van der Waals surface area contributed by atoms with Gasteiger partial charge in [0, 0.05) is 6.04 Å². The van der Waals surface area contributed by atoms with Crippen molar-refractivity contribution in [3.05, 3.63) is 63.7 Å². The molecule has 0 radical (unpaired) electrons. The molecule has 4 rings (SSSR count). The summed E-state index contributed by atoms with van der Waals surface area (Å²) in [5, 5.41) is 3.42. The highest BCUT2D eigenvalue weighted by Gasteiger charge is 2.30. The molecule has 0 unspecified atom stereocenters. The van der Waals surface area contributed by atoms with Crippen LogP contribution in [0.5, 0.6) is 0 Å². The maximum absolute atomic E-state index is 13.8. The van der Waals surface area contributed by atoms with Gasteiger partial charge in [-0.25, -0.2) is 9.37 Å². The number of fused-ring (bicyclic) bond motifs is 1. The molecule has 5 nitrogen and oxygen atoms in total. The number of hydrogen-bond donors (Lipinski definition) is 1. The minimum Gasteiger partial charge on any atom is -0.352 e. The Kier molecular flexibility index (Phi) is 7.10. The van der Waals surface area contributed by atoms with Crippen LogP contribution in [0.4, 0.5) is 4.39 Å². The predicted octanol–water partition coefficient (Wildman–Crippen LogP) is 5.60. The van der Waals surface area contributed by atoms with E-state index in [9.17, 15) is 14.0 Å². The Morgan fingerprint density at radius 2 is 2.00 bits per heavy atom. The summed E-state index contributed by atoms with van der Waals surface area (Å²) in [6.45, 7) is 6.22. The quantitative estimate of drug-likeness (QED) is 0.376. The Morgan fingerprint density at radius 3 is 2.76 bits per heavy atom. The number of thioether (sulfide) groups is 1. The van der Waals surface area contributed by atoms with E-state index in [1.54, 1.807) is 25.1 Å². The zero-order chi connectivity index (χ0) is 23.7. The van der Waals surface area contributed by atoms with E-state index < -0.39 is 11.1 Å². The summed E-state index contributed by atoms with van der Waals surface area (Å²) in [5.41, 5.74) is 0.638. The van der Waals surface area contributed by atoms with Gasteiger partial charge in [-0.2, -0.15) is 0 Å². The van der Waals surface area contributed by atoms with Gasteiger partial charge in [0.05, 0.1) is 26.9 Å². The van der Waals surface area contributed by atoms with E-state index in [0.29, 0.717) is 33.6 Å². The number of nitrogens with zero attached hydrogens (tertiary/aromatic N) is 2. The maximum Gasteiger partial charge on any atom is 0.266 e. The van der Waals surface area contributed by atoms with Crippen LogP contribution in [0.3, 0.4) is 0 Å². The second-order valence-corrected chi connectivity index (χ2v) is 10.5. The van der Waals surface area contributed by atoms with E-state index in [2.05, 4.69) is 24.1 Å². The fourth-order valence-electron chi connectivity index (χ4n) is 4.34. The van der Waals surface area contributed by atoms with E-state index in [0.717, 1.165) is 12.8 Å². The first-order valence-electron chi connectivity index (χ1n) is 11.2. The molecule has 174 valence electrons. The molecule has 0 aliphatic heterocycles. The fourth-order valence-corrected chi connectivity index (χ4v) is 5.45. The Balaban J connectivity index is 1.68. The molecule has 3 aromatic rings. The lowest BCUT2D eigenvalue weighted by Gasteiger charge is -2.35. The number of carbonyl (C=O) groups is 1. The first-order chi connectivity index (χ1) is 15.8. The van der Waals surface area contributed by atoms with Crippen molar-refractivity contribution in [3.8, 4) is 5.69 Å². The van der Waals surface area contributed by atoms with Gasteiger partial charge in [0.1, 0.15) is 5.82 Å². The van der Waals surface area contributed by atoms with E-state index >= 15 is 0 Å². The van der Waals surface area contributed by atoms with Crippen molar-refractivity contribution in [3.63, 3.8) is 0 Å². The van der Waals surface area contributed by atoms with Gasteiger partial charge in [-0.05, 0) is 55.5 Å². The molecule has 1 amide bonds. The summed E-state index contributed by atoms with van der Waals surface area (Å²) in [5.74, 6) is 0.331. The smallest absolute Gasteiger partial charge is 0.266 e. The molecule has 0 saturated heterocycles. The molecule has 0 spiro atoms. The number of hydrogen-bond acceptors (Lipinski definition) is 4. The maximum atomic E-state index is 13.8. The van der Waals surface area contributed by atoms with Crippen LogP contribution in [0.25, 0.3) is 16.6 Å². The monoisotopic (exact) mass is 487 g/mol. The Bertz CT molecular complexity index is 1250. The first-order valence-corrected chi connectivity index (χ1v) is 12.5. The molecule has 4 atom stereocenters. The lowest BCUT2D eigenvalue weighted by molar-refractivity contribution is -0.121. The van der Waals surface area contributed by atoms with Crippen LogP contribution >= 0.6 is 23.4 Å². The van der Waals surface area contributed by atoms with E-state index in [1.165, 1.54) is 40.9 Å². The molecular weight excluding hydrogens is 461 g/mol. The number of rotatable bonds is 5. The highest BCUT2D eigenvalue weighted by atomic mass is 35.5. The zero-order valence-corrected chi connectivity index (χ0v) is 20.4. The molecule has 1 aliphatic carbocycles. The lowest BCUT2D eigenvalue weighted by atomic mass is 9.78. The Labute approximate surface area is 201 Å². The summed E-state index contributed by atoms with van der Waals surface area (Å²) in [4.78, 5) is 31.1. The number of nitrogens with one attached hydrogen (secondary N) is 1. The lowest BCUT2D eigenvalue weighted by Crippen LogP contribution is -2.46. The second-order valence-electron chi connectivity index (χ2n) is 8.79. The van der Waals surface area contributed by atoms with Crippen LogP contribution < -0.4 is 10.9 Å². The predicted molar refractivity (Wildman–Crippen MR) is 132 cm³/mol. The SMILES string of the molecule is C[C@H]1[C@@H](NC(=O)[C@@H](C)Sc2nc3ccccc3c(=O)n2-c2ccc(F)c(Cl)c2)CCC[C@@H]1C. The standard InChI is InChI=1S/C25H27ClFN3O2S/c1-14-7-6-10-21(15(14)2)28-23(31)16(3)33-25-29-22-9-5-4-8-18(22)24(32)30(25)17-11-12-20(27)19(26)13-17/h4-5,8-9,11-16,21H,6-7,10H2,1-3H3,(H,28,31)/t14-,15+,16+,21-/m0/s1. The van der Waals surface area contributed by atoms with E-state index in [1.807, 2.05) is 6.07 Å². The molecule has 1 fully saturated rings. The van der Waals surface area contributed by atoms with Gasteiger partial charge in [0.15, 0.2) is 5.16 Å². The third-order valence-corrected chi connectivity index (χ3v) is 7.93. The number of halogens is 2. The normalized spacial score (nSPS) is 21.7. The molecule has 1 aromatic heterocycles. The van der Waals surface area contributed by atoms with Gasteiger partial charge in [0.2, 0.25) is 5.91 Å². The third-order valence-electron chi connectivity index (χ3n) is 6.59. The van der Waals surface area contributed by atoms with Crippen LogP contribution in [0.1, 0.15) is 40.0 Å². The van der Waals surface area contributed by atoms with Gasteiger partial charge in [-0.15, -0.1) is 0 Å². The number of carbonyl (C=O) groups excluding carboxylic acids is 1. The van der Waals surface area contributed by atoms with Crippen molar-refractivity contribution in [1.29, 1.82) is 0 Å². The molecular formula is C25H27ClFN3O2S. The first kappa shape index (κ1) is 23.8. The van der Waals surface area contributed by atoms with Crippen LogP contribution in [0.2, 0.25) is 5.02 Å². The van der Waals surface area contributed by atoms with Gasteiger partial charge < -0.3 is 5.32 Å². The fraction of sp³-hybridized carbons (Fsp3) is 0.400. The second kappa shape index (κ2) is 9.85. The summed E-state index contributed by atoms with van der Waals surface area (Å²) < 4.78 is 15.2. The molecule has 2 aromatic carbocycles. The highest BCUT2D eigenvalue weighted by Crippen LogP contribution is 2.31. The average molecular weight is 488 g/mol. The van der Waals surface area contributed by atoms with Crippen molar-refractivity contribution in [2.75, 3.05) is 0 Å². The molecule has 1 saturated carbocycles. The van der Waals surface area contributed by atoms with E-state index in [-0.39, 0.29) is 22.5 Å². The minimum atomic E-state index is -0.569. The number of aromatic nitrogens is 2. The summed E-state index contributed by atoms with van der Waals surface area (Å²) in [6.07, 6.45) is 3.27. The van der Waals surface area contributed by atoms with Crippen molar-refractivity contribution in [1.82, 2.24) is 14.9 Å². The van der Waals surface area contributed by atoms with Crippen molar-refractivity contribution < 1.29 is 9.18 Å². The van der Waals surface area contributed by atoms with Crippen LogP contribution in [0.15, 0.2) is 52.4 Å². The van der Waals surface area contributed by atoms with Crippen LogP contribution in [-0.2, 0) is 4.79 Å². The summed E-state index contributed by atoms with van der Waals surface area (Å²) in [6, 6.07) is 11.3. The zero-order valence-electron chi connectivity index (χ0n) is 18.8. The van der Waals surface area contributed by atoms with E-state index in [4.69, 9.17) is 11.6 Å². The van der Waals surface area contributed by atoms with Crippen LogP contribution in [0, 0.1) is 17.7 Å². The molecule has 1 heterocycles. The molecule has 33 heavy (non-hydrogen) atoms. The molecule has 1 aliphatic rings. The summed E-state index contributed by atoms with van der Waals surface area (Å²) in [7, 11) is 0. The number of benzene rings is 2. The van der Waals surface area contributed by atoms with Crippen molar-refractivity contribution in [2.24, 2.45) is 11.8 Å². The van der Waals surface area contributed by atoms with Gasteiger partial charge >= 0.3 is 0 Å². The molecule has 8 heteroatoms. The topological polar surface area (TPSA) is 64.0 Å². The highest BCUT2D eigenvalue weighted by molar-refractivity contribution is 8.00. The average Bonchev–Trinajstić information content (AvgIpc) is 2.79. The van der Waals surface area contributed by atoms with Crippen molar-refractivity contribution >= 4 is 40.2 Å². The Hall–Kier alpha value is -2.38. The number of para-hydroxylation sites is 1. The van der Waals surface area contributed by atoms with Gasteiger partial charge in [-0.3, -0.25) is 14.2 Å². The molecule has 1 N–H and O–H groups in total. The number of amides is 1. The van der Waals surface area contributed by atoms with Gasteiger partial charge in [-0.1, -0.05) is 62.2 Å². The Morgan fingerprint density at radius 1 is 1.24 bits per heavy atom. The largest absolute Gasteiger partial charge is 0.352 e. The van der Waals surface area contributed by atoms with Crippen molar-refractivity contribution in [2.45, 2.75) is 56.5 Å². The summed E-state index contributed by atoms with van der Waals surface area (Å²) >= 11 is 7.20. The minimum absolute atomic E-state index is 0.0861. The molecule has 0 bridgehead atoms. The third kappa shape index (κ3) is 4.94. The van der Waals surface area contributed by atoms with Crippen LogP contribution in [-0.4, -0.2) is 26.8 Å². The van der Waals surface area contributed by atoms with Gasteiger partial charge in [0.25, 0.3) is 5.56 Å².